The van der Waals surface area contributed by atoms with Crippen LogP contribution in [0, 0.1) is 27.7 Å². The number of aryl methyl sites for hydroxylation is 3. The molecule has 1 N–H and O–H groups in total. The summed E-state index contributed by atoms with van der Waals surface area (Å²) in [7, 11) is 0. The minimum absolute atomic E-state index is 0. The molecule has 6 heteroatoms. The van der Waals surface area contributed by atoms with Crippen molar-refractivity contribution >= 4 is 24.1 Å². The van der Waals surface area contributed by atoms with Crippen LogP contribution in [0.2, 0.25) is 0 Å². The van der Waals surface area contributed by atoms with E-state index in [9.17, 15) is 4.79 Å². The number of urea groups is 1. The summed E-state index contributed by atoms with van der Waals surface area (Å²) in [5.74, 6) is 0.806. The van der Waals surface area contributed by atoms with E-state index in [1.54, 1.807) is 0 Å². The number of hydrogen-bond acceptors (Lipinski definition) is 3. The molecule has 5 nitrogen and oxygen atoms in total. The van der Waals surface area contributed by atoms with E-state index in [0.29, 0.717) is 13.1 Å². The van der Waals surface area contributed by atoms with Gasteiger partial charge in [-0.05, 0) is 56.5 Å². The monoisotopic (exact) mass is 403 g/mol. The van der Waals surface area contributed by atoms with Crippen molar-refractivity contribution < 1.29 is 9.53 Å². The number of ether oxygens (including phenoxy) is 1. The largest absolute Gasteiger partial charge is 0.473 e. The van der Waals surface area contributed by atoms with E-state index in [-0.39, 0.29) is 25.2 Å². The molecule has 0 radical (unpaired) electrons. The second-order valence-corrected chi connectivity index (χ2v) is 7.23. The van der Waals surface area contributed by atoms with Crippen LogP contribution in [0.5, 0.6) is 5.75 Å². The van der Waals surface area contributed by atoms with E-state index in [1.807, 2.05) is 24.0 Å². The van der Waals surface area contributed by atoms with Crippen molar-refractivity contribution in [3.05, 3.63) is 58.7 Å². The van der Waals surface area contributed by atoms with Crippen LogP contribution in [-0.4, -0.2) is 43.8 Å². The van der Waals surface area contributed by atoms with Crippen molar-refractivity contribution in [2.45, 2.75) is 27.7 Å². The normalized spacial score (nSPS) is 13.7. The molecule has 152 valence electrons. The summed E-state index contributed by atoms with van der Waals surface area (Å²) in [5, 5.41) is 2.86. The van der Waals surface area contributed by atoms with Gasteiger partial charge in [0.2, 0.25) is 0 Å². The predicted molar refractivity (Wildman–Crippen MR) is 117 cm³/mol. The quantitative estimate of drug-likeness (QED) is 0.778. The van der Waals surface area contributed by atoms with Crippen LogP contribution in [0.15, 0.2) is 36.4 Å². The minimum atomic E-state index is -0.0691. The number of anilines is 1. The molecule has 28 heavy (non-hydrogen) atoms. The number of hydrogen-bond donors (Lipinski definition) is 1. The summed E-state index contributed by atoms with van der Waals surface area (Å²) in [6.07, 6.45) is 0. The second kappa shape index (κ2) is 9.69. The number of amides is 2. The number of carbonyl (C=O) groups is 1. The van der Waals surface area contributed by atoms with E-state index in [4.69, 9.17) is 4.74 Å². The van der Waals surface area contributed by atoms with E-state index >= 15 is 0 Å². The Morgan fingerprint density at radius 2 is 1.71 bits per heavy atom. The summed E-state index contributed by atoms with van der Waals surface area (Å²) in [5.41, 5.74) is 6.17. The lowest BCUT2D eigenvalue weighted by Gasteiger charge is -2.37. The molecule has 0 unspecified atom stereocenters. The van der Waals surface area contributed by atoms with Crippen LogP contribution < -0.4 is 15.0 Å². The average Bonchev–Trinajstić information content (AvgIpc) is 2.66. The minimum Gasteiger partial charge on any atom is -0.473 e. The van der Waals surface area contributed by atoms with Gasteiger partial charge in [-0.1, -0.05) is 29.8 Å². The molecular weight excluding hydrogens is 374 g/mol. The number of piperazine rings is 1. The number of carbonyl (C=O) groups excluding carboxylic acids is 1. The summed E-state index contributed by atoms with van der Waals surface area (Å²) in [4.78, 5) is 16.6. The van der Waals surface area contributed by atoms with Gasteiger partial charge < -0.3 is 19.9 Å². The molecule has 0 saturated carbocycles. The SMILES string of the molecule is Cc1ccc(OCNC(=O)N2CCN(c3cccc(C)c3C)CC2)c(C)c1.Cl. The Morgan fingerprint density at radius 1 is 1.00 bits per heavy atom. The first-order chi connectivity index (χ1) is 13.0. The van der Waals surface area contributed by atoms with Gasteiger partial charge in [-0.25, -0.2) is 4.79 Å². The lowest BCUT2D eigenvalue weighted by molar-refractivity contribution is 0.181. The molecule has 1 aliphatic heterocycles. The van der Waals surface area contributed by atoms with Gasteiger partial charge in [0.05, 0.1) is 0 Å². The molecule has 0 bridgehead atoms. The van der Waals surface area contributed by atoms with Crippen LogP contribution in [-0.2, 0) is 0 Å². The lowest BCUT2D eigenvalue weighted by Crippen LogP contribution is -2.52. The first kappa shape index (κ1) is 21.9. The third-order valence-electron chi connectivity index (χ3n) is 5.27. The van der Waals surface area contributed by atoms with E-state index < -0.39 is 0 Å². The first-order valence-electron chi connectivity index (χ1n) is 9.49. The zero-order chi connectivity index (χ0) is 19.4. The Balaban J connectivity index is 0.00000280. The van der Waals surface area contributed by atoms with Crippen LogP contribution in [0.3, 0.4) is 0 Å². The standard InChI is InChI=1S/C22H29N3O2.ClH/c1-16-8-9-21(18(3)14-16)27-15-23-22(26)25-12-10-24(11-13-25)20-7-5-6-17(2)19(20)4;/h5-9,14H,10-13,15H2,1-4H3,(H,23,26);1H. The zero-order valence-electron chi connectivity index (χ0n) is 17.1. The Hall–Kier alpha value is -2.40. The van der Waals surface area contributed by atoms with E-state index in [0.717, 1.165) is 24.4 Å². The first-order valence-corrected chi connectivity index (χ1v) is 9.49. The molecule has 2 amide bonds. The highest BCUT2D eigenvalue weighted by atomic mass is 35.5. The topological polar surface area (TPSA) is 44.8 Å². The van der Waals surface area contributed by atoms with Crippen LogP contribution in [0.1, 0.15) is 22.3 Å². The summed E-state index contributed by atoms with van der Waals surface area (Å²) >= 11 is 0. The van der Waals surface area contributed by atoms with Crippen LogP contribution in [0.4, 0.5) is 10.5 Å². The second-order valence-electron chi connectivity index (χ2n) is 7.23. The fourth-order valence-electron chi connectivity index (χ4n) is 3.48. The molecule has 2 aromatic rings. The van der Waals surface area contributed by atoms with E-state index in [1.165, 1.54) is 22.4 Å². The van der Waals surface area contributed by atoms with Gasteiger partial charge in [0.1, 0.15) is 5.75 Å². The zero-order valence-corrected chi connectivity index (χ0v) is 17.9. The molecule has 1 aliphatic rings. The average molecular weight is 404 g/mol. The Kier molecular flexibility index (Phi) is 7.58. The molecule has 3 rings (SSSR count). The maximum atomic E-state index is 12.4. The van der Waals surface area contributed by atoms with Gasteiger partial charge in [0.25, 0.3) is 0 Å². The van der Waals surface area contributed by atoms with Gasteiger partial charge in [-0.15, -0.1) is 12.4 Å². The van der Waals surface area contributed by atoms with Crippen molar-refractivity contribution in [1.82, 2.24) is 10.2 Å². The third kappa shape index (κ3) is 5.10. The van der Waals surface area contributed by atoms with Crippen molar-refractivity contribution in [2.24, 2.45) is 0 Å². The Labute approximate surface area is 174 Å². The maximum absolute atomic E-state index is 12.4. The Bertz CT molecular complexity index is 817. The van der Waals surface area contributed by atoms with Gasteiger partial charge >= 0.3 is 6.03 Å². The molecule has 0 atom stereocenters. The fraction of sp³-hybridized carbons (Fsp3) is 0.409. The Morgan fingerprint density at radius 3 is 2.39 bits per heavy atom. The summed E-state index contributed by atoms with van der Waals surface area (Å²) < 4.78 is 5.70. The third-order valence-corrected chi connectivity index (χ3v) is 5.27. The van der Waals surface area contributed by atoms with Crippen molar-refractivity contribution in [3.8, 4) is 5.75 Å². The number of nitrogens with one attached hydrogen (secondary N) is 1. The highest BCUT2D eigenvalue weighted by Crippen LogP contribution is 2.24. The molecule has 1 heterocycles. The van der Waals surface area contributed by atoms with Crippen LogP contribution >= 0.6 is 12.4 Å². The van der Waals surface area contributed by atoms with Gasteiger partial charge in [0.15, 0.2) is 6.73 Å². The highest BCUT2D eigenvalue weighted by molar-refractivity contribution is 5.85. The maximum Gasteiger partial charge on any atom is 0.320 e. The summed E-state index contributed by atoms with van der Waals surface area (Å²) in [6.45, 7) is 11.6. The molecule has 1 saturated heterocycles. The van der Waals surface area contributed by atoms with Crippen LogP contribution in [0.25, 0.3) is 0 Å². The van der Waals surface area contributed by atoms with Gasteiger partial charge in [-0.2, -0.15) is 0 Å². The summed E-state index contributed by atoms with van der Waals surface area (Å²) in [6, 6.07) is 12.4. The van der Waals surface area contributed by atoms with E-state index in [2.05, 4.69) is 55.3 Å². The van der Waals surface area contributed by atoms with Gasteiger partial charge in [0, 0.05) is 31.9 Å². The smallest absolute Gasteiger partial charge is 0.320 e. The fourth-order valence-corrected chi connectivity index (χ4v) is 3.48. The number of halogens is 1. The molecule has 0 spiro atoms. The molecule has 0 aromatic heterocycles. The number of nitrogens with zero attached hydrogens (tertiary/aromatic N) is 2. The van der Waals surface area contributed by atoms with Crippen molar-refractivity contribution in [2.75, 3.05) is 37.8 Å². The molecule has 1 fully saturated rings. The van der Waals surface area contributed by atoms with Crippen molar-refractivity contribution in [1.29, 1.82) is 0 Å². The molecule has 0 aliphatic carbocycles. The number of benzene rings is 2. The van der Waals surface area contributed by atoms with Gasteiger partial charge in [-0.3, -0.25) is 0 Å². The lowest BCUT2D eigenvalue weighted by atomic mass is 10.1. The molecular formula is C22H30ClN3O2. The molecule has 2 aromatic carbocycles. The number of rotatable bonds is 4. The van der Waals surface area contributed by atoms with Crippen molar-refractivity contribution in [3.63, 3.8) is 0 Å². The predicted octanol–water partition coefficient (Wildman–Crippen LogP) is 4.21. The highest BCUT2D eigenvalue weighted by Gasteiger charge is 2.22.